The third-order valence-corrected chi connectivity index (χ3v) is 2.52. The normalized spacial score (nSPS) is 11.8. The predicted octanol–water partition coefficient (Wildman–Crippen LogP) is 1.54. The molecule has 0 spiro atoms. The molecule has 2 aromatic heterocycles. The van der Waals surface area contributed by atoms with Crippen LogP contribution in [0.1, 0.15) is 16.1 Å². The van der Waals surface area contributed by atoms with Gasteiger partial charge < -0.3 is 5.11 Å². The third-order valence-electron chi connectivity index (χ3n) is 2.52. The van der Waals surface area contributed by atoms with Crippen LogP contribution < -0.4 is 0 Å². The van der Waals surface area contributed by atoms with Crippen molar-refractivity contribution in [3.63, 3.8) is 0 Å². The Morgan fingerprint density at radius 1 is 1.37 bits per heavy atom. The number of carboxylic acids is 1. The molecule has 19 heavy (non-hydrogen) atoms. The highest BCUT2D eigenvalue weighted by molar-refractivity contribution is 5.95. The Labute approximate surface area is 105 Å². The lowest BCUT2D eigenvalue weighted by Crippen LogP contribution is -2.10. The van der Waals surface area contributed by atoms with Crippen molar-refractivity contribution in [2.75, 3.05) is 0 Å². The van der Waals surface area contributed by atoms with Gasteiger partial charge >= 0.3 is 12.1 Å². The lowest BCUT2D eigenvalue weighted by molar-refractivity contribution is -0.141. The first-order valence-electron chi connectivity index (χ1n) is 5.08. The Morgan fingerprint density at radius 2 is 2.00 bits per heavy atom. The van der Waals surface area contributed by atoms with Crippen LogP contribution in [0.25, 0.3) is 11.3 Å². The molecule has 0 unspecified atom stereocenters. The zero-order valence-corrected chi connectivity index (χ0v) is 9.93. The average Bonchev–Trinajstić information content (AvgIpc) is 2.80. The van der Waals surface area contributed by atoms with Gasteiger partial charge in [-0.25, -0.2) is 4.79 Å². The topological polar surface area (TPSA) is 72.9 Å². The molecule has 0 saturated heterocycles. The van der Waals surface area contributed by atoms with E-state index in [1.54, 1.807) is 0 Å². The fourth-order valence-electron chi connectivity index (χ4n) is 1.78. The summed E-state index contributed by atoms with van der Waals surface area (Å²) < 4.78 is 40.7. The molecule has 0 saturated carbocycles. The van der Waals surface area contributed by atoms with Crippen LogP contribution >= 0.6 is 0 Å². The Kier molecular flexibility index (Phi) is 2.84. The smallest absolute Gasteiger partial charge is 0.435 e. The minimum absolute atomic E-state index is 0.132. The zero-order chi connectivity index (χ0) is 14.4. The van der Waals surface area contributed by atoms with Crippen LogP contribution in [0, 0.1) is 0 Å². The zero-order valence-electron chi connectivity index (χ0n) is 9.93. The number of aromatic carboxylic acids is 1. The maximum Gasteiger partial charge on any atom is 0.435 e. The Hall–Kier alpha value is -2.32. The molecule has 9 heteroatoms. The minimum Gasteiger partial charge on any atom is -0.478 e. The van der Waals surface area contributed by atoms with E-state index in [1.807, 2.05) is 0 Å². The van der Waals surface area contributed by atoms with Crippen LogP contribution in [0.4, 0.5) is 13.2 Å². The molecule has 2 heterocycles. The number of hydrogen-bond donors (Lipinski definition) is 1. The van der Waals surface area contributed by atoms with Crippen LogP contribution in [0.5, 0.6) is 0 Å². The van der Waals surface area contributed by atoms with E-state index >= 15 is 0 Å². The average molecular weight is 274 g/mol. The molecule has 2 aromatic rings. The van der Waals surface area contributed by atoms with Crippen molar-refractivity contribution < 1.29 is 23.1 Å². The number of aromatic nitrogens is 4. The fraction of sp³-hybridized carbons (Fsp3) is 0.300. The van der Waals surface area contributed by atoms with E-state index in [1.165, 1.54) is 14.1 Å². The van der Waals surface area contributed by atoms with E-state index in [0.29, 0.717) is 0 Å². The number of rotatable bonds is 2. The van der Waals surface area contributed by atoms with Crippen LogP contribution in [-0.2, 0) is 20.3 Å². The summed E-state index contributed by atoms with van der Waals surface area (Å²) in [4.78, 5) is 11.0. The first-order chi connectivity index (χ1) is 8.71. The summed E-state index contributed by atoms with van der Waals surface area (Å²) in [6.45, 7) is 0. The quantitative estimate of drug-likeness (QED) is 0.901. The predicted molar refractivity (Wildman–Crippen MR) is 57.4 cm³/mol. The lowest BCUT2D eigenvalue weighted by Gasteiger charge is -2.07. The number of halogens is 3. The van der Waals surface area contributed by atoms with Gasteiger partial charge in [0.15, 0.2) is 5.69 Å². The Balaban J connectivity index is 2.73. The number of carboxylic acid groups (broad SMARTS) is 1. The molecule has 0 atom stereocenters. The summed E-state index contributed by atoms with van der Waals surface area (Å²) >= 11 is 0. The maximum atomic E-state index is 12.9. The number of carbonyl (C=O) groups is 1. The van der Waals surface area contributed by atoms with Gasteiger partial charge in [-0.2, -0.15) is 23.4 Å². The second kappa shape index (κ2) is 4.11. The van der Waals surface area contributed by atoms with Crippen molar-refractivity contribution in [1.29, 1.82) is 0 Å². The van der Waals surface area contributed by atoms with Crippen LogP contribution in [0.2, 0.25) is 0 Å². The van der Waals surface area contributed by atoms with Gasteiger partial charge in [-0.15, -0.1) is 0 Å². The van der Waals surface area contributed by atoms with Crippen molar-refractivity contribution in [3.05, 3.63) is 23.7 Å². The van der Waals surface area contributed by atoms with Gasteiger partial charge in [0.2, 0.25) is 0 Å². The van der Waals surface area contributed by atoms with Gasteiger partial charge in [-0.3, -0.25) is 9.36 Å². The highest BCUT2D eigenvalue weighted by Crippen LogP contribution is 2.36. The van der Waals surface area contributed by atoms with E-state index in [9.17, 15) is 18.0 Å². The van der Waals surface area contributed by atoms with Gasteiger partial charge in [0.05, 0.1) is 17.5 Å². The van der Waals surface area contributed by atoms with Crippen LogP contribution in [0.15, 0.2) is 12.4 Å². The molecule has 2 rings (SSSR count). The molecule has 102 valence electrons. The summed E-state index contributed by atoms with van der Waals surface area (Å²) in [5.41, 5.74) is -1.89. The molecule has 0 radical (unpaired) electrons. The van der Waals surface area contributed by atoms with Crippen LogP contribution in [-0.4, -0.2) is 30.6 Å². The summed E-state index contributed by atoms with van der Waals surface area (Å²) in [7, 11) is 2.70. The largest absolute Gasteiger partial charge is 0.478 e. The molecule has 6 nitrogen and oxygen atoms in total. The molecular formula is C10H9F3N4O2. The highest BCUT2D eigenvalue weighted by atomic mass is 19.4. The van der Waals surface area contributed by atoms with E-state index < -0.39 is 17.8 Å². The van der Waals surface area contributed by atoms with Crippen molar-refractivity contribution in [2.45, 2.75) is 6.18 Å². The molecule has 0 bridgehead atoms. The van der Waals surface area contributed by atoms with Crippen LogP contribution in [0.3, 0.4) is 0 Å². The van der Waals surface area contributed by atoms with Gasteiger partial charge in [0, 0.05) is 20.3 Å². The van der Waals surface area contributed by atoms with Gasteiger partial charge in [-0.1, -0.05) is 0 Å². The lowest BCUT2D eigenvalue weighted by atomic mass is 10.1. The van der Waals surface area contributed by atoms with Crippen molar-refractivity contribution in [1.82, 2.24) is 19.6 Å². The molecule has 0 aromatic carbocycles. The molecule has 0 aliphatic rings. The molecule has 1 N–H and O–H groups in total. The SMILES string of the molecule is Cn1cc(-c2c(C(=O)O)cnn2C)c(C(F)(F)F)n1. The molecule has 0 fully saturated rings. The Bertz CT molecular complexity index is 642. The summed E-state index contributed by atoms with van der Waals surface area (Å²) in [5, 5.41) is 16.0. The molecule has 0 aliphatic carbocycles. The third kappa shape index (κ3) is 2.18. The number of alkyl halides is 3. The first kappa shape index (κ1) is 13.1. The summed E-state index contributed by atoms with van der Waals surface area (Å²) in [6.07, 6.45) is -2.55. The maximum absolute atomic E-state index is 12.9. The number of aryl methyl sites for hydroxylation is 2. The van der Waals surface area contributed by atoms with Gasteiger partial charge in [0.25, 0.3) is 0 Å². The Morgan fingerprint density at radius 3 is 2.53 bits per heavy atom. The van der Waals surface area contributed by atoms with Crippen molar-refractivity contribution >= 4 is 5.97 Å². The second-order valence-electron chi connectivity index (χ2n) is 3.90. The number of nitrogens with zero attached hydrogens (tertiary/aromatic N) is 4. The van der Waals surface area contributed by atoms with Crippen molar-refractivity contribution in [3.8, 4) is 11.3 Å². The summed E-state index contributed by atoms with van der Waals surface area (Å²) in [5.74, 6) is -1.35. The number of hydrogen-bond acceptors (Lipinski definition) is 3. The van der Waals surface area contributed by atoms with E-state index in [0.717, 1.165) is 21.8 Å². The second-order valence-corrected chi connectivity index (χ2v) is 3.90. The molecule has 0 amide bonds. The van der Waals surface area contributed by atoms with E-state index in [-0.39, 0.29) is 16.8 Å². The van der Waals surface area contributed by atoms with Gasteiger partial charge in [0.1, 0.15) is 5.56 Å². The van der Waals surface area contributed by atoms with Crippen molar-refractivity contribution in [2.24, 2.45) is 14.1 Å². The molecular weight excluding hydrogens is 265 g/mol. The highest BCUT2D eigenvalue weighted by Gasteiger charge is 2.39. The standard InChI is InChI=1S/C10H9F3N4O2/c1-16-4-6(8(15-16)10(11,12)13)7-5(9(18)19)3-14-17(7)2/h3-4H,1-2H3,(H,18,19). The summed E-state index contributed by atoms with van der Waals surface area (Å²) in [6, 6.07) is 0. The van der Waals surface area contributed by atoms with E-state index in [4.69, 9.17) is 5.11 Å². The first-order valence-corrected chi connectivity index (χ1v) is 5.08. The van der Waals surface area contributed by atoms with Gasteiger partial charge in [-0.05, 0) is 0 Å². The van der Waals surface area contributed by atoms with E-state index in [2.05, 4.69) is 10.2 Å². The molecule has 0 aliphatic heterocycles. The minimum atomic E-state index is -4.67. The fourth-order valence-corrected chi connectivity index (χ4v) is 1.78. The monoisotopic (exact) mass is 274 g/mol.